The Morgan fingerprint density at radius 3 is 2.07 bits per heavy atom. The van der Waals surface area contributed by atoms with E-state index >= 15 is 0 Å². The van der Waals surface area contributed by atoms with Crippen LogP contribution in [0.2, 0.25) is 0 Å². The number of hydroxylamine groups is 1. The largest absolute Gasteiger partial charge is 0.359 e. The van der Waals surface area contributed by atoms with Gasteiger partial charge in [0.05, 0.1) is 38.3 Å². The fraction of sp³-hybridized carbons (Fsp3) is 0.0556. The summed E-state index contributed by atoms with van der Waals surface area (Å²) in [7, 11) is 0. The summed E-state index contributed by atoms with van der Waals surface area (Å²) in [5, 5.41) is 36.7. The Bertz CT molecular complexity index is 1250. The summed E-state index contributed by atoms with van der Waals surface area (Å²) in [6, 6.07) is 11.9. The molecule has 0 saturated carbocycles. The summed E-state index contributed by atoms with van der Waals surface area (Å²) in [6.07, 6.45) is 0. The number of rotatable bonds is 5. The minimum atomic E-state index is -0.972. The van der Waals surface area contributed by atoms with E-state index in [-0.39, 0.29) is 5.84 Å². The molecule has 4 rings (SSSR count). The number of benzene rings is 3. The number of non-ortho nitro benzene ring substituents is 1. The lowest BCUT2D eigenvalue weighted by atomic mass is 10.1. The minimum absolute atomic E-state index is 0.267. The van der Waals surface area contributed by atoms with Gasteiger partial charge in [-0.05, 0) is 24.4 Å². The summed E-state index contributed by atoms with van der Waals surface area (Å²) in [6.45, 7) is 1.57. The molecule has 0 N–H and O–H groups in total. The van der Waals surface area contributed by atoms with Gasteiger partial charge in [0.2, 0.25) is 0 Å². The minimum Gasteiger partial charge on any atom is -0.359 e. The molecule has 3 aromatic rings. The third kappa shape index (κ3) is 2.92. The van der Waals surface area contributed by atoms with Crippen molar-refractivity contribution in [3.05, 3.63) is 78.9 Å². The third-order valence-corrected chi connectivity index (χ3v) is 4.48. The molecule has 0 radical (unpaired) electrons. The highest BCUT2D eigenvalue weighted by Crippen LogP contribution is 2.44. The molecule has 0 bridgehead atoms. The Morgan fingerprint density at radius 1 is 0.900 bits per heavy atom. The molecule has 0 aromatic heterocycles. The molecule has 1 aliphatic heterocycles. The van der Waals surface area contributed by atoms with Gasteiger partial charge < -0.3 is 4.84 Å². The first-order valence-corrected chi connectivity index (χ1v) is 8.44. The Kier molecular flexibility index (Phi) is 4.23. The van der Waals surface area contributed by atoms with E-state index in [2.05, 4.69) is 4.99 Å². The van der Waals surface area contributed by atoms with Gasteiger partial charge in [-0.25, -0.2) is 4.99 Å². The Hall–Kier alpha value is -4.61. The maximum Gasteiger partial charge on any atom is 0.328 e. The zero-order valence-corrected chi connectivity index (χ0v) is 15.2. The molecule has 3 aromatic carbocycles. The maximum atomic E-state index is 11.5. The number of anilines is 1. The zero-order chi connectivity index (χ0) is 21.6. The molecular weight excluding hydrogens is 398 g/mol. The monoisotopic (exact) mass is 409 g/mol. The Morgan fingerprint density at radius 2 is 1.50 bits per heavy atom. The standard InChI is InChI=1S/C18H11N5O7/c1-10-19-13-6-2-4-11-5-3-7-14(17(11)13)20(10)30-18-15(22(26)27)8-12(21(24)25)9-16(18)23(28)29/h2-9H,1H3. The van der Waals surface area contributed by atoms with Crippen LogP contribution in [0.25, 0.3) is 10.8 Å². The average Bonchev–Trinajstić information content (AvgIpc) is 2.70. The number of nitrogens with zero attached hydrogens (tertiary/aromatic N) is 5. The Balaban J connectivity index is 1.92. The van der Waals surface area contributed by atoms with Crippen LogP contribution in [0.4, 0.5) is 28.4 Å². The molecule has 1 heterocycles. The van der Waals surface area contributed by atoms with Crippen molar-refractivity contribution in [1.29, 1.82) is 0 Å². The molecular formula is C18H11N5O7. The SMILES string of the molecule is CC1=Nc2cccc3cccc(c23)N1Oc1c([N+](=O)[O-])cc([N+](=O)[O-])cc1[N+](=O)[O-]. The molecule has 30 heavy (non-hydrogen) atoms. The van der Waals surface area contributed by atoms with Gasteiger partial charge >= 0.3 is 17.1 Å². The van der Waals surface area contributed by atoms with Crippen LogP contribution >= 0.6 is 0 Å². The van der Waals surface area contributed by atoms with Crippen LogP contribution < -0.4 is 9.90 Å². The molecule has 0 aliphatic carbocycles. The quantitative estimate of drug-likeness (QED) is 0.443. The van der Waals surface area contributed by atoms with Crippen molar-refractivity contribution in [2.75, 3.05) is 5.06 Å². The molecule has 12 nitrogen and oxygen atoms in total. The second kappa shape index (κ2) is 6.77. The molecule has 0 unspecified atom stereocenters. The van der Waals surface area contributed by atoms with Crippen molar-refractivity contribution in [1.82, 2.24) is 0 Å². The van der Waals surface area contributed by atoms with E-state index in [9.17, 15) is 30.3 Å². The van der Waals surface area contributed by atoms with E-state index in [1.165, 1.54) is 0 Å². The van der Waals surface area contributed by atoms with E-state index in [1.54, 1.807) is 25.1 Å². The highest BCUT2D eigenvalue weighted by atomic mass is 16.7. The summed E-state index contributed by atoms with van der Waals surface area (Å²) < 4.78 is 0. The highest BCUT2D eigenvalue weighted by Gasteiger charge is 2.35. The van der Waals surface area contributed by atoms with Crippen LogP contribution in [0, 0.1) is 30.3 Å². The summed E-state index contributed by atoms with van der Waals surface area (Å²) in [5.41, 5.74) is -1.49. The van der Waals surface area contributed by atoms with Gasteiger partial charge in [-0.2, -0.15) is 5.06 Å². The van der Waals surface area contributed by atoms with Gasteiger partial charge in [0.1, 0.15) is 5.84 Å². The first-order chi connectivity index (χ1) is 14.3. The van der Waals surface area contributed by atoms with Crippen molar-refractivity contribution >= 4 is 45.0 Å². The predicted molar refractivity (Wildman–Crippen MR) is 106 cm³/mol. The van der Waals surface area contributed by atoms with Crippen LogP contribution in [0.15, 0.2) is 53.5 Å². The van der Waals surface area contributed by atoms with Crippen molar-refractivity contribution in [2.45, 2.75) is 6.92 Å². The molecule has 0 atom stereocenters. The summed E-state index contributed by atoms with van der Waals surface area (Å²) in [4.78, 5) is 41.2. The Labute approximate surface area is 167 Å². The fourth-order valence-electron chi connectivity index (χ4n) is 3.22. The molecule has 12 heteroatoms. The average molecular weight is 409 g/mol. The van der Waals surface area contributed by atoms with Crippen molar-refractivity contribution < 1.29 is 19.6 Å². The van der Waals surface area contributed by atoms with E-state index in [1.807, 2.05) is 18.2 Å². The second-order valence-electron chi connectivity index (χ2n) is 6.28. The lowest BCUT2D eigenvalue weighted by Crippen LogP contribution is -2.34. The highest BCUT2D eigenvalue weighted by molar-refractivity contribution is 6.13. The van der Waals surface area contributed by atoms with E-state index in [0.717, 1.165) is 10.4 Å². The van der Waals surface area contributed by atoms with Gasteiger partial charge in [-0.15, -0.1) is 0 Å². The topological polar surface area (TPSA) is 154 Å². The van der Waals surface area contributed by atoms with Gasteiger partial charge in [0.15, 0.2) is 0 Å². The number of nitro benzene ring substituents is 3. The summed E-state index contributed by atoms with van der Waals surface area (Å²) in [5.74, 6) is -0.468. The lowest BCUT2D eigenvalue weighted by Gasteiger charge is -2.28. The molecule has 0 saturated heterocycles. The fourth-order valence-corrected chi connectivity index (χ4v) is 3.22. The van der Waals surface area contributed by atoms with E-state index in [4.69, 9.17) is 4.84 Å². The van der Waals surface area contributed by atoms with Gasteiger partial charge in [-0.3, -0.25) is 30.3 Å². The van der Waals surface area contributed by atoms with Gasteiger partial charge in [0, 0.05) is 5.39 Å². The smallest absolute Gasteiger partial charge is 0.328 e. The number of hydrogen-bond acceptors (Lipinski definition) is 9. The van der Waals surface area contributed by atoms with Crippen LogP contribution in [-0.2, 0) is 0 Å². The maximum absolute atomic E-state index is 11.5. The van der Waals surface area contributed by atoms with E-state index in [0.29, 0.717) is 28.9 Å². The normalized spacial score (nSPS) is 12.4. The number of nitro groups is 3. The molecule has 0 spiro atoms. The lowest BCUT2D eigenvalue weighted by molar-refractivity contribution is -0.404. The molecule has 1 aliphatic rings. The van der Waals surface area contributed by atoms with Gasteiger partial charge in [-0.1, -0.05) is 24.3 Å². The van der Waals surface area contributed by atoms with Crippen LogP contribution in [0.1, 0.15) is 6.92 Å². The first-order valence-electron chi connectivity index (χ1n) is 8.44. The van der Waals surface area contributed by atoms with Crippen molar-refractivity contribution in [3.8, 4) is 5.75 Å². The molecule has 150 valence electrons. The number of aliphatic imine (C=N–C) groups is 1. The number of hydrogen-bond donors (Lipinski definition) is 0. The first kappa shape index (κ1) is 18.7. The number of amidine groups is 1. The third-order valence-electron chi connectivity index (χ3n) is 4.48. The van der Waals surface area contributed by atoms with Crippen LogP contribution in [0.3, 0.4) is 0 Å². The van der Waals surface area contributed by atoms with Gasteiger partial charge in [0.25, 0.3) is 5.69 Å². The molecule has 0 amide bonds. The molecule has 0 fully saturated rings. The zero-order valence-electron chi connectivity index (χ0n) is 15.2. The van der Waals surface area contributed by atoms with Crippen LogP contribution in [-0.4, -0.2) is 20.6 Å². The van der Waals surface area contributed by atoms with Crippen LogP contribution in [0.5, 0.6) is 5.75 Å². The second-order valence-corrected chi connectivity index (χ2v) is 6.28. The van der Waals surface area contributed by atoms with Crippen molar-refractivity contribution in [2.24, 2.45) is 4.99 Å². The van der Waals surface area contributed by atoms with E-state index < -0.39 is 37.6 Å². The predicted octanol–water partition coefficient (Wildman–Crippen LogP) is 4.43. The summed E-state index contributed by atoms with van der Waals surface area (Å²) >= 11 is 0. The van der Waals surface area contributed by atoms with Crippen molar-refractivity contribution in [3.63, 3.8) is 0 Å².